The third-order valence-corrected chi connectivity index (χ3v) is 3.06. The lowest BCUT2D eigenvalue weighted by Gasteiger charge is -2.13. The first-order valence-electron chi connectivity index (χ1n) is 4.89. The number of nitrogens with one attached hydrogen (secondary N) is 3. The van der Waals surface area contributed by atoms with Gasteiger partial charge in [0, 0.05) is 7.05 Å². The summed E-state index contributed by atoms with van der Waals surface area (Å²) in [6.07, 6.45) is 1.89. The van der Waals surface area contributed by atoms with E-state index in [1.165, 1.54) is 17.8 Å². The number of anilines is 1. The molecule has 5 nitrogen and oxygen atoms in total. The molecule has 0 saturated carbocycles. The van der Waals surface area contributed by atoms with Crippen LogP contribution < -0.4 is 16.2 Å². The van der Waals surface area contributed by atoms with Gasteiger partial charge in [-0.2, -0.15) is 0 Å². The first kappa shape index (κ1) is 14.9. The third-order valence-electron chi connectivity index (χ3n) is 1.88. The number of phenols is 1. The number of thiocarbonyl (C=S) groups is 1. The third kappa shape index (κ3) is 4.59. The second-order valence-electron chi connectivity index (χ2n) is 3.10. The van der Waals surface area contributed by atoms with Gasteiger partial charge in [-0.3, -0.25) is 15.8 Å². The molecule has 1 aromatic rings. The number of aromatic hydroxyl groups is 1. The van der Waals surface area contributed by atoms with E-state index in [0.29, 0.717) is 16.0 Å². The molecule has 1 rings (SSSR count). The molecule has 0 fully saturated rings. The highest BCUT2D eigenvalue weighted by atomic mass is 35.5. The van der Waals surface area contributed by atoms with Gasteiger partial charge in [0.05, 0.1) is 10.7 Å². The lowest BCUT2D eigenvalue weighted by Crippen LogP contribution is -2.40. The van der Waals surface area contributed by atoms with Crippen molar-refractivity contribution in [3.8, 4) is 5.75 Å². The Morgan fingerprint density at radius 3 is 2.78 bits per heavy atom. The fourth-order valence-electron chi connectivity index (χ4n) is 1.04. The van der Waals surface area contributed by atoms with Gasteiger partial charge in [0.2, 0.25) is 0 Å². The Morgan fingerprint density at radius 2 is 2.22 bits per heavy atom. The van der Waals surface area contributed by atoms with Crippen LogP contribution in [0.15, 0.2) is 23.2 Å². The predicted octanol–water partition coefficient (Wildman–Crippen LogP) is 2.19. The van der Waals surface area contributed by atoms with Crippen molar-refractivity contribution in [1.82, 2.24) is 10.7 Å². The summed E-state index contributed by atoms with van der Waals surface area (Å²) in [6, 6.07) is 4.74. The Labute approximate surface area is 120 Å². The van der Waals surface area contributed by atoms with Gasteiger partial charge < -0.3 is 10.4 Å². The lowest BCUT2D eigenvalue weighted by molar-refractivity contribution is 0.475. The van der Waals surface area contributed by atoms with E-state index in [9.17, 15) is 5.11 Å². The van der Waals surface area contributed by atoms with Crippen LogP contribution in [0, 0.1) is 0 Å². The second-order valence-corrected chi connectivity index (χ2v) is 4.71. The summed E-state index contributed by atoms with van der Waals surface area (Å²) in [7, 11) is 1.68. The minimum atomic E-state index is 0.0331. The number of amidine groups is 1. The van der Waals surface area contributed by atoms with E-state index >= 15 is 0 Å². The average Bonchev–Trinajstić information content (AvgIpc) is 2.37. The minimum Gasteiger partial charge on any atom is -0.506 e. The summed E-state index contributed by atoms with van der Waals surface area (Å²) in [5, 5.41) is 13.5. The summed E-state index contributed by atoms with van der Waals surface area (Å²) >= 11 is 12.3. The van der Waals surface area contributed by atoms with Gasteiger partial charge in [0.15, 0.2) is 10.3 Å². The molecule has 0 aliphatic rings. The average molecular weight is 305 g/mol. The summed E-state index contributed by atoms with van der Waals surface area (Å²) in [5.41, 5.74) is 6.31. The van der Waals surface area contributed by atoms with Gasteiger partial charge in [0.25, 0.3) is 0 Å². The normalized spacial score (nSPS) is 10.9. The molecule has 18 heavy (non-hydrogen) atoms. The van der Waals surface area contributed by atoms with Gasteiger partial charge in [0.1, 0.15) is 5.75 Å². The Hall–Kier alpha value is -1.18. The first-order valence-corrected chi connectivity index (χ1v) is 6.90. The van der Waals surface area contributed by atoms with E-state index < -0.39 is 0 Å². The summed E-state index contributed by atoms with van der Waals surface area (Å²) in [6.45, 7) is 0. The van der Waals surface area contributed by atoms with Crippen LogP contribution in [0.5, 0.6) is 5.75 Å². The monoisotopic (exact) mass is 304 g/mol. The number of halogens is 1. The van der Waals surface area contributed by atoms with Crippen molar-refractivity contribution in [2.45, 2.75) is 0 Å². The SMILES string of the molecule is CN=C(NC(=S)NNc1ccc(O)c(Cl)c1)SC. The molecule has 0 bridgehead atoms. The Balaban J connectivity index is 2.50. The van der Waals surface area contributed by atoms with Gasteiger partial charge >= 0.3 is 0 Å². The second kappa shape index (κ2) is 7.30. The van der Waals surface area contributed by atoms with Gasteiger partial charge in [-0.25, -0.2) is 0 Å². The van der Waals surface area contributed by atoms with Gasteiger partial charge in [-0.05, 0) is 36.7 Å². The molecule has 4 N–H and O–H groups in total. The molecule has 0 amide bonds. The summed E-state index contributed by atoms with van der Waals surface area (Å²) in [4.78, 5) is 3.99. The van der Waals surface area contributed by atoms with Crippen LogP contribution in [0.4, 0.5) is 5.69 Å². The molecule has 1 aromatic carbocycles. The molecular weight excluding hydrogens is 292 g/mol. The number of hydrogen-bond acceptors (Lipinski definition) is 5. The topological polar surface area (TPSA) is 68.7 Å². The molecular formula is C10H13ClN4OS2. The Morgan fingerprint density at radius 1 is 1.50 bits per heavy atom. The van der Waals surface area contributed by atoms with Crippen molar-refractivity contribution in [1.29, 1.82) is 0 Å². The number of benzene rings is 1. The molecule has 0 atom stereocenters. The Bertz CT molecular complexity index is 467. The molecule has 0 aliphatic carbocycles. The van der Waals surface area contributed by atoms with Crippen molar-refractivity contribution in [3.05, 3.63) is 23.2 Å². The van der Waals surface area contributed by atoms with Crippen LogP contribution in [0.3, 0.4) is 0 Å². The van der Waals surface area contributed by atoms with Crippen LogP contribution in [0.25, 0.3) is 0 Å². The largest absolute Gasteiger partial charge is 0.506 e. The van der Waals surface area contributed by atoms with Crippen molar-refractivity contribution in [3.63, 3.8) is 0 Å². The quantitative estimate of drug-likeness (QED) is 0.221. The minimum absolute atomic E-state index is 0.0331. The highest BCUT2D eigenvalue weighted by molar-refractivity contribution is 8.13. The predicted molar refractivity (Wildman–Crippen MR) is 82.5 cm³/mol. The zero-order chi connectivity index (χ0) is 13.5. The number of hydrogen-bond donors (Lipinski definition) is 4. The summed E-state index contributed by atoms with van der Waals surface area (Å²) in [5.74, 6) is 0.0331. The van der Waals surface area contributed by atoms with E-state index in [4.69, 9.17) is 23.8 Å². The molecule has 0 radical (unpaired) electrons. The van der Waals surface area contributed by atoms with Crippen molar-refractivity contribution >= 4 is 51.5 Å². The molecule has 0 saturated heterocycles. The maximum atomic E-state index is 9.27. The van der Waals surface area contributed by atoms with E-state index in [0.717, 1.165) is 0 Å². The molecule has 0 aromatic heterocycles. The van der Waals surface area contributed by atoms with Crippen molar-refractivity contribution in [2.24, 2.45) is 4.99 Å². The van der Waals surface area contributed by atoms with Crippen molar-refractivity contribution in [2.75, 3.05) is 18.7 Å². The molecule has 8 heteroatoms. The molecule has 0 aliphatic heterocycles. The fourth-order valence-corrected chi connectivity index (χ4v) is 1.82. The fraction of sp³-hybridized carbons (Fsp3) is 0.200. The van der Waals surface area contributed by atoms with Crippen LogP contribution in [0.2, 0.25) is 5.02 Å². The summed E-state index contributed by atoms with van der Waals surface area (Å²) < 4.78 is 0. The molecule has 0 spiro atoms. The Kier molecular flexibility index (Phi) is 6.03. The zero-order valence-corrected chi connectivity index (χ0v) is 12.2. The zero-order valence-electron chi connectivity index (χ0n) is 9.82. The standard InChI is InChI=1S/C10H13ClN4OS2/c1-12-10(18-2)13-9(17)15-14-6-3-4-8(16)7(11)5-6/h3-5,14,16H,1-2H3,(H2,12,13,15,17). The number of nitrogens with zero attached hydrogens (tertiary/aromatic N) is 1. The maximum Gasteiger partial charge on any atom is 0.191 e. The van der Waals surface area contributed by atoms with Crippen molar-refractivity contribution < 1.29 is 5.11 Å². The van der Waals surface area contributed by atoms with Crippen LogP contribution in [-0.4, -0.2) is 28.7 Å². The maximum absolute atomic E-state index is 9.27. The number of aliphatic imine (C=N–C) groups is 1. The molecule has 98 valence electrons. The lowest BCUT2D eigenvalue weighted by atomic mass is 10.3. The van der Waals surface area contributed by atoms with Gasteiger partial charge in [-0.1, -0.05) is 23.4 Å². The molecule has 0 heterocycles. The first-order chi connectivity index (χ1) is 8.56. The number of phenolic OH excluding ortho intramolecular Hbond substituents is 1. The number of thioether (sulfide) groups is 1. The highest BCUT2D eigenvalue weighted by Gasteiger charge is 2.02. The smallest absolute Gasteiger partial charge is 0.191 e. The van der Waals surface area contributed by atoms with Crippen LogP contribution in [0.1, 0.15) is 0 Å². The van der Waals surface area contributed by atoms with Gasteiger partial charge in [-0.15, -0.1) is 0 Å². The highest BCUT2D eigenvalue weighted by Crippen LogP contribution is 2.25. The molecule has 0 unspecified atom stereocenters. The van der Waals surface area contributed by atoms with E-state index in [1.54, 1.807) is 19.2 Å². The van der Waals surface area contributed by atoms with E-state index in [-0.39, 0.29) is 10.8 Å². The van der Waals surface area contributed by atoms with Crippen LogP contribution in [-0.2, 0) is 0 Å². The number of rotatable bonds is 2. The van der Waals surface area contributed by atoms with Crippen LogP contribution >= 0.6 is 35.6 Å². The van der Waals surface area contributed by atoms with E-state index in [1.807, 2.05) is 6.26 Å². The van der Waals surface area contributed by atoms with E-state index in [2.05, 4.69) is 21.2 Å². The number of hydrazine groups is 1.